The van der Waals surface area contributed by atoms with Gasteiger partial charge in [-0.25, -0.2) is 9.79 Å². The standard InChI is InChI=1S/C12H16N4O6/c13-12(14)16-7(2-4-9(17)18)10(19)15-5-6-1-3-8(22-6)11(20)21/h1,3,7H,2,4-5H2,(H,15,19)(H,17,18)(H,20,21)(H4,13,14,16). The number of aliphatic carboxylic acids is 1. The maximum Gasteiger partial charge on any atom is 0.371 e. The number of nitrogens with two attached hydrogens (primary N) is 2. The first-order chi connectivity index (χ1) is 10.3. The molecule has 0 aliphatic rings. The van der Waals surface area contributed by atoms with Gasteiger partial charge in [0.25, 0.3) is 0 Å². The van der Waals surface area contributed by atoms with E-state index in [0.717, 1.165) is 0 Å². The second-order valence-corrected chi connectivity index (χ2v) is 4.29. The number of rotatable bonds is 8. The minimum absolute atomic E-state index is 0.0718. The van der Waals surface area contributed by atoms with Crippen molar-refractivity contribution in [2.75, 3.05) is 0 Å². The third-order valence-electron chi connectivity index (χ3n) is 2.55. The Kier molecular flexibility index (Phi) is 5.93. The highest BCUT2D eigenvalue weighted by Gasteiger charge is 2.19. The highest BCUT2D eigenvalue weighted by atomic mass is 16.4. The third-order valence-corrected chi connectivity index (χ3v) is 2.55. The number of amides is 1. The summed E-state index contributed by atoms with van der Waals surface area (Å²) in [7, 11) is 0. The monoisotopic (exact) mass is 312 g/mol. The van der Waals surface area contributed by atoms with Crippen LogP contribution >= 0.6 is 0 Å². The van der Waals surface area contributed by atoms with Gasteiger partial charge in [0.15, 0.2) is 5.96 Å². The van der Waals surface area contributed by atoms with Crippen LogP contribution in [0.15, 0.2) is 21.5 Å². The van der Waals surface area contributed by atoms with Crippen LogP contribution in [0.3, 0.4) is 0 Å². The van der Waals surface area contributed by atoms with Crippen LogP contribution in [0.4, 0.5) is 0 Å². The summed E-state index contributed by atoms with van der Waals surface area (Å²) >= 11 is 0. The average molecular weight is 312 g/mol. The first-order valence-electron chi connectivity index (χ1n) is 6.20. The lowest BCUT2D eigenvalue weighted by Gasteiger charge is -2.11. The lowest BCUT2D eigenvalue weighted by atomic mass is 10.1. The van der Waals surface area contributed by atoms with Crippen LogP contribution in [0, 0.1) is 0 Å². The molecule has 120 valence electrons. The van der Waals surface area contributed by atoms with Crippen molar-refractivity contribution < 1.29 is 29.0 Å². The third kappa shape index (κ3) is 5.53. The summed E-state index contributed by atoms with van der Waals surface area (Å²) in [4.78, 5) is 36.8. The van der Waals surface area contributed by atoms with E-state index in [1.807, 2.05) is 0 Å². The molecule has 0 aliphatic carbocycles. The molecule has 1 atom stereocenters. The fourth-order valence-corrected chi connectivity index (χ4v) is 1.57. The van der Waals surface area contributed by atoms with E-state index >= 15 is 0 Å². The molecule has 0 bridgehead atoms. The number of hydrogen-bond donors (Lipinski definition) is 5. The zero-order chi connectivity index (χ0) is 16.7. The van der Waals surface area contributed by atoms with Gasteiger partial charge in [0.1, 0.15) is 11.8 Å². The van der Waals surface area contributed by atoms with E-state index < -0.39 is 23.9 Å². The van der Waals surface area contributed by atoms with Crippen molar-refractivity contribution in [3.63, 3.8) is 0 Å². The molecular formula is C12H16N4O6. The molecule has 1 aromatic heterocycles. The molecule has 1 rings (SSSR count). The number of carbonyl (C=O) groups excluding carboxylic acids is 1. The Morgan fingerprint density at radius 1 is 1.27 bits per heavy atom. The van der Waals surface area contributed by atoms with E-state index in [4.69, 9.17) is 26.1 Å². The fraction of sp³-hybridized carbons (Fsp3) is 0.333. The molecule has 0 radical (unpaired) electrons. The molecule has 1 amide bonds. The van der Waals surface area contributed by atoms with Crippen molar-refractivity contribution in [3.05, 3.63) is 23.7 Å². The van der Waals surface area contributed by atoms with E-state index in [1.165, 1.54) is 12.1 Å². The number of guanidine groups is 1. The van der Waals surface area contributed by atoms with Crippen LogP contribution in [-0.2, 0) is 16.1 Å². The number of nitrogens with zero attached hydrogens (tertiary/aromatic N) is 1. The zero-order valence-electron chi connectivity index (χ0n) is 11.5. The van der Waals surface area contributed by atoms with Crippen LogP contribution < -0.4 is 16.8 Å². The van der Waals surface area contributed by atoms with Gasteiger partial charge in [0.05, 0.1) is 6.54 Å². The molecule has 10 heteroatoms. The van der Waals surface area contributed by atoms with Gasteiger partial charge >= 0.3 is 11.9 Å². The summed E-state index contributed by atoms with van der Waals surface area (Å²) in [5.74, 6) is -3.26. The molecule has 0 fully saturated rings. The quantitative estimate of drug-likeness (QED) is 0.302. The summed E-state index contributed by atoms with van der Waals surface area (Å²) in [6, 6.07) is 1.60. The van der Waals surface area contributed by atoms with Crippen LogP contribution in [0.5, 0.6) is 0 Å². The molecule has 1 heterocycles. The van der Waals surface area contributed by atoms with Crippen molar-refractivity contribution >= 4 is 23.8 Å². The summed E-state index contributed by atoms with van der Waals surface area (Å²) in [5.41, 5.74) is 10.4. The maximum atomic E-state index is 11.9. The number of nitrogens with one attached hydrogen (secondary N) is 1. The van der Waals surface area contributed by atoms with Gasteiger partial charge in [0.2, 0.25) is 11.7 Å². The predicted octanol–water partition coefficient (Wildman–Crippen LogP) is -0.899. The van der Waals surface area contributed by atoms with E-state index in [0.29, 0.717) is 0 Å². The summed E-state index contributed by atoms with van der Waals surface area (Å²) in [6.07, 6.45) is -0.351. The molecule has 0 saturated carbocycles. The van der Waals surface area contributed by atoms with E-state index in [1.54, 1.807) is 0 Å². The number of carboxylic acid groups (broad SMARTS) is 2. The van der Waals surface area contributed by atoms with Gasteiger partial charge in [0, 0.05) is 6.42 Å². The fourth-order valence-electron chi connectivity index (χ4n) is 1.57. The van der Waals surface area contributed by atoms with Crippen molar-refractivity contribution in [2.45, 2.75) is 25.4 Å². The molecule has 0 aromatic carbocycles. The Bertz CT molecular complexity index is 590. The number of carbonyl (C=O) groups is 3. The van der Waals surface area contributed by atoms with E-state index in [2.05, 4.69) is 10.3 Å². The Morgan fingerprint density at radius 3 is 2.45 bits per heavy atom. The smallest absolute Gasteiger partial charge is 0.371 e. The Balaban J connectivity index is 2.63. The van der Waals surface area contributed by atoms with E-state index in [9.17, 15) is 14.4 Å². The number of carboxylic acids is 2. The maximum absolute atomic E-state index is 11.9. The molecule has 1 aromatic rings. The zero-order valence-corrected chi connectivity index (χ0v) is 11.5. The predicted molar refractivity (Wildman–Crippen MR) is 74.0 cm³/mol. The van der Waals surface area contributed by atoms with Crippen LogP contribution in [-0.4, -0.2) is 40.1 Å². The SMILES string of the molecule is NC(N)=NC(CCC(=O)O)C(=O)NCc1ccc(C(=O)O)o1. The van der Waals surface area contributed by atoms with Gasteiger partial charge < -0.3 is 31.4 Å². The highest BCUT2D eigenvalue weighted by molar-refractivity contribution is 5.86. The topological polar surface area (TPSA) is 181 Å². The molecule has 7 N–H and O–H groups in total. The summed E-state index contributed by atoms with van der Waals surface area (Å²) in [5, 5.41) is 19.8. The van der Waals surface area contributed by atoms with Gasteiger partial charge in [-0.15, -0.1) is 0 Å². The molecule has 10 nitrogen and oxygen atoms in total. The van der Waals surface area contributed by atoms with E-state index in [-0.39, 0.29) is 36.9 Å². The average Bonchev–Trinajstić information content (AvgIpc) is 2.89. The Morgan fingerprint density at radius 2 is 1.95 bits per heavy atom. The summed E-state index contributed by atoms with van der Waals surface area (Å²) in [6.45, 7) is -0.0737. The van der Waals surface area contributed by atoms with Crippen molar-refractivity contribution in [1.82, 2.24) is 5.32 Å². The second kappa shape index (κ2) is 7.67. The lowest BCUT2D eigenvalue weighted by Crippen LogP contribution is -2.36. The first-order valence-corrected chi connectivity index (χ1v) is 6.20. The molecule has 22 heavy (non-hydrogen) atoms. The highest BCUT2D eigenvalue weighted by Crippen LogP contribution is 2.08. The number of hydrogen-bond acceptors (Lipinski definition) is 5. The molecule has 1 unspecified atom stereocenters. The van der Waals surface area contributed by atoms with Gasteiger partial charge in [-0.1, -0.05) is 0 Å². The van der Waals surface area contributed by atoms with Crippen molar-refractivity contribution in [3.8, 4) is 0 Å². The van der Waals surface area contributed by atoms with Crippen LogP contribution in [0.25, 0.3) is 0 Å². The summed E-state index contributed by atoms with van der Waals surface area (Å²) < 4.78 is 4.96. The minimum Gasteiger partial charge on any atom is -0.481 e. The second-order valence-electron chi connectivity index (χ2n) is 4.29. The molecular weight excluding hydrogens is 296 g/mol. The Hall–Kier alpha value is -3.04. The first kappa shape index (κ1) is 17.0. The van der Waals surface area contributed by atoms with Crippen molar-refractivity contribution in [2.24, 2.45) is 16.5 Å². The number of aromatic carboxylic acids is 1. The molecule has 0 saturated heterocycles. The van der Waals surface area contributed by atoms with Gasteiger partial charge in [-0.05, 0) is 18.6 Å². The lowest BCUT2D eigenvalue weighted by molar-refractivity contribution is -0.137. The van der Waals surface area contributed by atoms with Crippen LogP contribution in [0.1, 0.15) is 29.2 Å². The Labute approximate surface area is 124 Å². The minimum atomic E-state index is -1.22. The largest absolute Gasteiger partial charge is 0.481 e. The normalized spacial score (nSPS) is 11.5. The van der Waals surface area contributed by atoms with Crippen molar-refractivity contribution in [1.29, 1.82) is 0 Å². The number of aliphatic imine (C=N–C) groups is 1. The number of furan rings is 1. The van der Waals surface area contributed by atoms with Gasteiger partial charge in [-0.3, -0.25) is 9.59 Å². The molecule has 0 aliphatic heterocycles. The van der Waals surface area contributed by atoms with Crippen LogP contribution in [0.2, 0.25) is 0 Å². The molecule has 0 spiro atoms. The van der Waals surface area contributed by atoms with Gasteiger partial charge in [-0.2, -0.15) is 0 Å².